The van der Waals surface area contributed by atoms with Crippen LogP contribution < -0.4 is 5.32 Å². The van der Waals surface area contributed by atoms with Crippen LogP contribution in [0, 0.1) is 11.3 Å². The van der Waals surface area contributed by atoms with Crippen LogP contribution in [-0.4, -0.2) is 29.3 Å². The number of anilines is 1. The fraction of sp³-hybridized carbons (Fsp3) is 0.400. The molecule has 0 bridgehead atoms. The quantitative estimate of drug-likeness (QED) is 0.840. The van der Waals surface area contributed by atoms with Crippen LogP contribution in [0.25, 0.3) is 0 Å². The molecule has 0 radical (unpaired) electrons. The first kappa shape index (κ1) is 14.1. The number of nitrogens with zero attached hydrogens (tertiary/aromatic N) is 2. The normalized spacial score (nSPS) is 18.2. The summed E-state index contributed by atoms with van der Waals surface area (Å²) in [7, 11) is 0. The maximum atomic E-state index is 12.2. The lowest BCUT2D eigenvalue weighted by molar-refractivity contribution is 0.101. The number of piperidine rings is 1. The molecule has 0 spiro atoms. The van der Waals surface area contributed by atoms with Gasteiger partial charge in [0.2, 0.25) is 0 Å². The van der Waals surface area contributed by atoms with Crippen LogP contribution in [-0.2, 0) is 0 Å². The third-order valence-corrected chi connectivity index (χ3v) is 3.46. The van der Waals surface area contributed by atoms with Crippen molar-refractivity contribution >= 4 is 17.5 Å². The molecule has 1 fully saturated rings. The second-order valence-electron chi connectivity index (χ2n) is 4.90. The van der Waals surface area contributed by atoms with Gasteiger partial charge in [0, 0.05) is 17.8 Å². The van der Waals surface area contributed by atoms with Gasteiger partial charge < -0.3 is 10.2 Å². The summed E-state index contributed by atoms with van der Waals surface area (Å²) in [6, 6.07) is 8.30. The van der Waals surface area contributed by atoms with Gasteiger partial charge in [0.15, 0.2) is 5.78 Å². The Bertz CT molecular complexity index is 545. The summed E-state index contributed by atoms with van der Waals surface area (Å²) < 4.78 is 0. The topological polar surface area (TPSA) is 73.2 Å². The van der Waals surface area contributed by atoms with Gasteiger partial charge >= 0.3 is 6.03 Å². The lowest BCUT2D eigenvalue weighted by Crippen LogP contribution is -2.45. The van der Waals surface area contributed by atoms with Gasteiger partial charge in [-0.1, -0.05) is 0 Å². The molecule has 0 aliphatic carbocycles. The van der Waals surface area contributed by atoms with Crippen molar-refractivity contribution in [3.8, 4) is 6.07 Å². The van der Waals surface area contributed by atoms with E-state index in [1.54, 1.807) is 29.2 Å². The Balaban J connectivity index is 2.03. The molecule has 2 rings (SSSR count). The zero-order valence-corrected chi connectivity index (χ0v) is 11.4. The average molecular weight is 271 g/mol. The van der Waals surface area contributed by atoms with E-state index in [0.717, 1.165) is 19.3 Å². The van der Waals surface area contributed by atoms with Gasteiger partial charge in [-0.05, 0) is 50.5 Å². The van der Waals surface area contributed by atoms with Gasteiger partial charge in [0.05, 0.1) is 6.07 Å². The van der Waals surface area contributed by atoms with Crippen LogP contribution in [0.2, 0.25) is 0 Å². The molecule has 5 heteroatoms. The summed E-state index contributed by atoms with van der Waals surface area (Å²) in [4.78, 5) is 24.9. The van der Waals surface area contributed by atoms with Crippen LogP contribution in [0.1, 0.15) is 36.5 Å². The Morgan fingerprint density at radius 3 is 2.60 bits per heavy atom. The van der Waals surface area contributed by atoms with Crippen LogP contribution >= 0.6 is 0 Å². The minimum Gasteiger partial charge on any atom is -0.309 e. The van der Waals surface area contributed by atoms with Crippen molar-refractivity contribution in [3.05, 3.63) is 29.8 Å². The number of nitriles is 1. The van der Waals surface area contributed by atoms with Crippen LogP contribution in [0.5, 0.6) is 0 Å². The zero-order chi connectivity index (χ0) is 14.5. The lowest BCUT2D eigenvalue weighted by atomic mass is 10.0. The molecule has 1 aliphatic rings. The molecule has 1 aliphatic heterocycles. The molecule has 1 heterocycles. The van der Waals surface area contributed by atoms with Gasteiger partial charge in [-0.15, -0.1) is 0 Å². The second-order valence-corrected chi connectivity index (χ2v) is 4.90. The highest BCUT2D eigenvalue weighted by atomic mass is 16.2. The molecule has 1 N–H and O–H groups in total. The standard InChI is InChI=1S/C15H17N3O2/c1-11(19)12-5-7-13(8-6-12)17-15(20)18-9-3-2-4-14(18)10-16/h5-8,14H,2-4,9H2,1H3,(H,17,20). The number of urea groups is 1. The molecule has 1 unspecified atom stereocenters. The van der Waals surface area contributed by atoms with Crippen molar-refractivity contribution in [1.82, 2.24) is 4.90 Å². The predicted octanol–water partition coefficient (Wildman–Crippen LogP) is 2.80. The molecule has 0 saturated carbocycles. The summed E-state index contributed by atoms with van der Waals surface area (Å²) in [5, 5.41) is 11.8. The number of rotatable bonds is 2. The fourth-order valence-electron chi connectivity index (χ4n) is 2.29. The maximum absolute atomic E-state index is 12.2. The van der Waals surface area contributed by atoms with Crippen molar-refractivity contribution in [2.24, 2.45) is 0 Å². The number of carbonyl (C=O) groups excluding carboxylic acids is 2. The molecule has 104 valence electrons. The molecular weight excluding hydrogens is 254 g/mol. The summed E-state index contributed by atoms with van der Waals surface area (Å²) in [6.45, 7) is 2.11. The van der Waals surface area contributed by atoms with Gasteiger partial charge in [-0.2, -0.15) is 5.26 Å². The smallest absolute Gasteiger partial charge is 0.309 e. The number of nitrogens with one attached hydrogen (secondary N) is 1. The number of amides is 2. The highest BCUT2D eigenvalue weighted by molar-refractivity contribution is 5.95. The minimum absolute atomic E-state index is 0.0107. The zero-order valence-electron chi connectivity index (χ0n) is 11.4. The largest absolute Gasteiger partial charge is 0.322 e. The van der Waals surface area contributed by atoms with Crippen LogP contribution in [0.3, 0.4) is 0 Å². The Morgan fingerprint density at radius 2 is 2.00 bits per heavy atom. The molecular formula is C15H17N3O2. The van der Waals surface area contributed by atoms with Crippen molar-refractivity contribution in [2.45, 2.75) is 32.2 Å². The van der Waals surface area contributed by atoms with Crippen LogP contribution in [0.4, 0.5) is 10.5 Å². The summed E-state index contributed by atoms with van der Waals surface area (Å²) in [5.41, 5.74) is 1.23. The first-order valence-corrected chi connectivity index (χ1v) is 6.70. The number of ketones is 1. The maximum Gasteiger partial charge on any atom is 0.322 e. The predicted molar refractivity (Wildman–Crippen MR) is 75.4 cm³/mol. The number of benzene rings is 1. The van der Waals surface area contributed by atoms with Gasteiger partial charge in [0.25, 0.3) is 0 Å². The molecule has 1 aromatic rings. The van der Waals surface area contributed by atoms with E-state index in [9.17, 15) is 9.59 Å². The molecule has 1 atom stereocenters. The van der Waals surface area contributed by atoms with Crippen molar-refractivity contribution in [2.75, 3.05) is 11.9 Å². The Kier molecular flexibility index (Phi) is 4.36. The van der Waals surface area contributed by atoms with Gasteiger partial charge in [-0.3, -0.25) is 4.79 Å². The molecule has 5 nitrogen and oxygen atoms in total. The van der Waals surface area contributed by atoms with Gasteiger partial charge in [-0.25, -0.2) is 4.79 Å². The highest BCUT2D eigenvalue weighted by Crippen LogP contribution is 2.18. The number of hydrogen-bond donors (Lipinski definition) is 1. The third-order valence-electron chi connectivity index (χ3n) is 3.46. The van der Waals surface area contributed by atoms with E-state index < -0.39 is 0 Å². The number of carbonyl (C=O) groups is 2. The monoisotopic (exact) mass is 271 g/mol. The van der Waals surface area contributed by atoms with E-state index in [4.69, 9.17) is 5.26 Å². The van der Waals surface area contributed by atoms with E-state index >= 15 is 0 Å². The summed E-state index contributed by atoms with van der Waals surface area (Å²) in [5.74, 6) is -0.0107. The Labute approximate surface area is 118 Å². The second kappa shape index (κ2) is 6.20. The average Bonchev–Trinajstić information content (AvgIpc) is 2.47. The van der Waals surface area contributed by atoms with Crippen molar-refractivity contribution in [1.29, 1.82) is 5.26 Å². The Hall–Kier alpha value is -2.35. The third kappa shape index (κ3) is 3.15. The fourth-order valence-corrected chi connectivity index (χ4v) is 2.29. The first-order chi connectivity index (χ1) is 9.61. The molecule has 1 saturated heterocycles. The van der Waals surface area contributed by atoms with E-state index in [-0.39, 0.29) is 17.9 Å². The Morgan fingerprint density at radius 1 is 1.30 bits per heavy atom. The molecule has 2 amide bonds. The highest BCUT2D eigenvalue weighted by Gasteiger charge is 2.26. The van der Waals surface area contributed by atoms with E-state index in [0.29, 0.717) is 17.8 Å². The summed E-state index contributed by atoms with van der Waals surface area (Å²) in [6.07, 6.45) is 2.64. The molecule has 0 aromatic heterocycles. The first-order valence-electron chi connectivity index (χ1n) is 6.70. The van der Waals surface area contributed by atoms with Crippen molar-refractivity contribution in [3.63, 3.8) is 0 Å². The molecule has 1 aromatic carbocycles. The van der Waals surface area contributed by atoms with Crippen molar-refractivity contribution < 1.29 is 9.59 Å². The number of hydrogen-bond acceptors (Lipinski definition) is 3. The minimum atomic E-state index is -0.347. The van der Waals surface area contributed by atoms with E-state index in [2.05, 4.69) is 11.4 Å². The van der Waals surface area contributed by atoms with Crippen LogP contribution in [0.15, 0.2) is 24.3 Å². The number of Topliss-reactive ketones (excluding diaryl/α,β-unsaturated/α-hetero) is 1. The summed E-state index contributed by atoms with van der Waals surface area (Å²) >= 11 is 0. The van der Waals surface area contributed by atoms with E-state index in [1.165, 1.54) is 6.92 Å². The SMILES string of the molecule is CC(=O)c1ccc(NC(=O)N2CCCCC2C#N)cc1. The van der Waals surface area contributed by atoms with E-state index in [1.807, 2.05) is 0 Å². The number of likely N-dealkylation sites (tertiary alicyclic amines) is 1. The molecule has 20 heavy (non-hydrogen) atoms. The lowest BCUT2D eigenvalue weighted by Gasteiger charge is -2.31. The van der Waals surface area contributed by atoms with Gasteiger partial charge in [0.1, 0.15) is 6.04 Å².